The van der Waals surface area contributed by atoms with E-state index in [1.807, 2.05) is 19.9 Å². The highest BCUT2D eigenvalue weighted by Gasteiger charge is 2.91. The van der Waals surface area contributed by atoms with E-state index in [1.54, 1.807) is 54.6 Å². The first-order chi connectivity index (χ1) is 26.8. The predicted octanol–water partition coefficient (Wildman–Crippen LogP) is 4.33. The summed E-state index contributed by atoms with van der Waals surface area (Å²) >= 11 is 0. The zero-order valence-electron chi connectivity index (χ0n) is 32.3. The first-order valence-electron chi connectivity index (χ1n) is 20.4. The van der Waals surface area contributed by atoms with Crippen molar-refractivity contribution in [2.75, 3.05) is 13.2 Å². The van der Waals surface area contributed by atoms with Crippen LogP contribution >= 0.6 is 0 Å². The van der Waals surface area contributed by atoms with Crippen LogP contribution in [-0.4, -0.2) is 104 Å². The molecule has 2 spiro atoms. The number of aliphatic hydroxyl groups is 4. The van der Waals surface area contributed by atoms with Gasteiger partial charge in [0.15, 0.2) is 5.60 Å². The highest BCUT2D eigenvalue weighted by molar-refractivity contribution is 5.89. The molecule has 0 aromatic heterocycles. The number of rotatable bonds is 7. The fourth-order valence-corrected chi connectivity index (χ4v) is 12.3. The fourth-order valence-electron chi connectivity index (χ4n) is 12.3. The van der Waals surface area contributed by atoms with Gasteiger partial charge in [-0.2, -0.15) is 0 Å². The zero-order chi connectivity index (χ0) is 39.4. The van der Waals surface area contributed by atoms with Gasteiger partial charge in [0.25, 0.3) is 0 Å². The Kier molecular flexibility index (Phi) is 9.19. The molecule has 0 radical (unpaired) electrons. The van der Waals surface area contributed by atoms with Crippen LogP contribution in [0.1, 0.15) is 86.4 Å². The maximum absolute atomic E-state index is 13.7. The monoisotopic (exact) mass is 774 g/mol. The summed E-state index contributed by atoms with van der Waals surface area (Å²) in [5, 5.41) is 50.9. The summed E-state index contributed by atoms with van der Waals surface area (Å²) in [6.07, 6.45) is -1.64. The van der Waals surface area contributed by atoms with E-state index in [4.69, 9.17) is 28.4 Å². The van der Waals surface area contributed by atoms with Crippen LogP contribution in [0.15, 0.2) is 72.8 Å². The zero-order valence-corrected chi connectivity index (χ0v) is 32.3. The summed E-state index contributed by atoms with van der Waals surface area (Å²) in [6, 6.07) is 17.1. The van der Waals surface area contributed by atoms with Crippen LogP contribution in [0.3, 0.4) is 0 Å². The van der Waals surface area contributed by atoms with E-state index in [-0.39, 0.29) is 18.9 Å². The quantitative estimate of drug-likeness (QED) is 0.179. The number of carbonyl (C=O) groups excluding carboxylic acids is 2. The third kappa shape index (κ3) is 5.19. The van der Waals surface area contributed by atoms with Crippen molar-refractivity contribution in [1.82, 2.24) is 0 Å². The van der Waals surface area contributed by atoms with Crippen molar-refractivity contribution >= 4 is 11.9 Å². The molecular formula is C44H54O12. The van der Waals surface area contributed by atoms with Crippen LogP contribution in [-0.2, 0) is 28.4 Å². The number of ether oxygens (including phenoxy) is 6. The van der Waals surface area contributed by atoms with Crippen LogP contribution in [0.4, 0.5) is 0 Å². The van der Waals surface area contributed by atoms with Crippen molar-refractivity contribution in [3.05, 3.63) is 83.9 Å². The number of hydrogen-bond acceptors (Lipinski definition) is 12. The van der Waals surface area contributed by atoms with E-state index >= 15 is 0 Å². The summed E-state index contributed by atoms with van der Waals surface area (Å²) < 4.78 is 40.0. The maximum atomic E-state index is 13.7. The molecule has 3 aliphatic carbocycles. The lowest BCUT2D eigenvalue weighted by Crippen LogP contribution is -2.75. The van der Waals surface area contributed by atoms with Crippen molar-refractivity contribution in [2.45, 2.75) is 125 Å². The molecule has 12 nitrogen and oxygen atoms in total. The van der Waals surface area contributed by atoms with Crippen LogP contribution in [0, 0.1) is 35.5 Å². The number of esters is 2. The topological polar surface area (TPSA) is 174 Å². The first kappa shape index (κ1) is 38.3. The van der Waals surface area contributed by atoms with Crippen molar-refractivity contribution in [3.8, 4) is 0 Å². The van der Waals surface area contributed by atoms with Gasteiger partial charge in [0.1, 0.15) is 42.2 Å². The fraction of sp³-hybridized carbons (Fsp3) is 0.636. The number of epoxide rings is 1. The molecule has 0 amide bonds. The van der Waals surface area contributed by atoms with E-state index in [9.17, 15) is 30.0 Å². The van der Waals surface area contributed by atoms with Gasteiger partial charge >= 0.3 is 17.9 Å². The molecule has 56 heavy (non-hydrogen) atoms. The third-order valence-electron chi connectivity index (χ3n) is 14.9. The van der Waals surface area contributed by atoms with Crippen molar-refractivity contribution in [3.63, 3.8) is 0 Å². The molecule has 4 saturated heterocycles. The molecule has 3 bridgehead atoms. The Morgan fingerprint density at radius 2 is 1.46 bits per heavy atom. The minimum atomic E-state index is -2.28. The van der Waals surface area contributed by atoms with Gasteiger partial charge in [-0.25, -0.2) is 9.59 Å². The van der Waals surface area contributed by atoms with Gasteiger partial charge in [-0.3, -0.25) is 0 Å². The van der Waals surface area contributed by atoms with Gasteiger partial charge in [0, 0.05) is 17.8 Å². The minimum absolute atomic E-state index is 0.0601. The van der Waals surface area contributed by atoms with Gasteiger partial charge in [-0.05, 0) is 67.4 Å². The van der Waals surface area contributed by atoms with Gasteiger partial charge in [0.2, 0.25) is 0 Å². The Balaban J connectivity index is 1.24. The highest BCUT2D eigenvalue weighted by Crippen LogP contribution is 2.75. The van der Waals surface area contributed by atoms with E-state index in [2.05, 4.69) is 13.5 Å². The van der Waals surface area contributed by atoms with Crippen LogP contribution < -0.4 is 0 Å². The van der Waals surface area contributed by atoms with E-state index in [1.165, 1.54) is 0 Å². The van der Waals surface area contributed by atoms with Crippen LogP contribution in [0.2, 0.25) is 0 Å². The number of benzene rings is 2. The van der Waals surface area contributed by atoms with Gasteiger partial charge in [-0.1, -0.05) is 88.9 Å². The van der Waals surface area contributed by atoms with Crippen molar-refractivity contribution < 1.29 is 58.4 Å². The second kappa shape index (κ2) is 13.4. The molecule has 2 aromatic rings. The summed E-state index contributed by atoms with van der Waals surface area (Å²) in [5.74, 6) is -6.80. The average Bonchev–Trinajstić information content (AvgIpc) is 3.83. The molecule has 1 unspecified atom stereocenters. The summed E-state index contributed by atoms with van der Waals surface area (Å²) in [5.41, 5.74) is -5.56. The highest BCUT2D eigenvalue weighted by atomic mass is 16.9. The Hall–Kier alpha value is -3.20. The molecule has 12 heteroatoms. The normalized spacial score (nSPS) is 47.3. The Morgan fingerprint density at radius 1 is 0.839 bits per heavy atom. The molecule has 7 aliphatic rings. The lowest BCUT2D eigenvalue weighted by molar-refractivity contribution is -0.459. The third-order valence-corrected chi connectivity index (χ3v) is 14.9. The molecule has 302 valence electrons. The minimum Gasteiger partial charge on any atom is -0.462 e. The van der Waals surface area contributed by atoms with E-state index in [0.29, 0.717) is 29.5 Å². The number of carbonyl (C=O) groups is 2. The van der Waals surface area contributed by atoms with Crippen molar-refractivity contribution in [1.29, 1.82) is 0 Å². The number of aliphatic hydroxyl groups excluding tert-OH is 3. The number of hydrogen-bond donors (Lipinski definition) is 4. The lowest BCUT2D eigenvalue weighted by atomic mass is 9.51. The standard InChI is InChI=1S/C44H54O12/c1-24(2)40-21-29(22-51-37(47)27-16-10-7-11-17-27)43-32-35(40)54-44(55-40,56-43)30(45)20-14-6-5-9-15-25(3)31-26(4)34(46)42(50,33(31)43)39(49)41(36(32)53-41)23-52-38(48)28-18-12-8-13-19-28/h7-8,10-13,16-19,25-26,29-36,39,45-46,49-50H,1,5-6,9,14-15,20-23H2,2-4H3/t25-,26-,29-,30+,31-,32+,33+,34-,35+,36-,39+,40+,41-,42+,43+,44?/m0/s1. The second-order valence-corrected chi connectivity index (χ2v) is 17.8. The molecule has 7 fully saturated rings. The van der Waals surface area contributed by atoms with Gasteiger partial charge in [0.05, 0.1) is 29.4 Å². The number of fused-ring (bicyclic) bond motifs is 1. The molecule has 16 atom stereocenters. The maximum Gasteiger partial charge on any atom is 0.338 e. The molecule has 4 aliphatic heterocycles. The van der Waals surface area contributed by atoms with Crippen LogP contribution in [0.25, 0.3) is 0 Å². The molecule has 3 saturated carbocycles. The lowest BCUT2D eigenvalue weighted by Gasteiger charge is -2.62. The van der Waals surface area contributed by atoms with Crippen LogP contribution in [0.5, 0.6) is 0 Å². The van der Waals surface area contributed by atoms with Gasteiger partial charge in [-0.15, -0.1) is 0 Å². The Morgan fingerprint density at radius 3 is 2.11 bits per heavy atom. The summed E-state index contributed by atoms with van der Waals surface area (Å²) in [4.78, 5) is 27.1. The summed E-state index contributed by atoms with van der Waals surface area (Å²) in [6.45, 7) is 9.61. The molecular weight excluding hydrogens is 720 g/mol. The largest absolute Gasteiger partial charge is 0.462 e. The molecule has 4 N–H and O–H groups in total. The second-order valence-electron chi connectivity index (χ2n) is 17.8. The van der Waals surface area contributed by atoms with Gasteiger partial charge < -0.3 is 48.8 Å². The average molecular weight is 775 g/mol. The van der Waals surface area contributed by atoms with E-state index < -0.39 is 107 Å². The smallest absolute Gasteiger partial charge is 0.338 e. The predicted molar refractivity (Wildman–Crippen MR) is 199 cm³/mol. The van der Waals surface area contributed by atoms with Crippen molar-refractivity contribution in [2.24, 2.45) is 35.5 Å². The molecule has 9 rings (SSSR count). The Bertz CT molecular complexity index is 1860. The SMILES string of the molecule is C=C(C)[C@]12C[C@@H](COC(=O)c3ccccc3)[C@@]34OC5(O[C@@H]1[C@@H]3[C@@H]1O[C@]1(COC(=O)c1ccccc1)[C@@H](O)[C@@]1(O)[C@H]4[C@H]([C@H](C)[C@@H]1O)[C@@H](C)CCCCCC[C@H]5O)O2. The van der Waals surface area contributed by atoms with E-state index in [0.717, 1.165) is 25.7 Å². The summed E-state index contributed by atoms with van der Waals surface area (Å²) in [7, 11) is 0. The molecule has 4 heterocycles. The first-order valence-corrected chi connectivity index (χ1v) is 20.4. The Labute approximate surface area is 327 Å². The molecule has 2 aromatic carbocycles.